The van der Waals surface area contributed by atoms with Crippen molar-refractivity contribution in [1.82, 2.24) is 16.0 Å². The number of furan rings is 1. The number of carbonyl (C=O) groups excluding carboxylic acids is 2. The average molecular weight is 316 g/mol. The lowest BCUT2D eigenvalue weighted by molar-refractivity contribution is -0.123. The molecule has 3 atom stereocenters. The number of halogens is 1. The van der Waals surface area contributed by atoms with Crippen molar-refractivity contribution in [3.8, 4) is 0 Å². The molecular weight excluding hydrogens is 294 g/mol. The van der Waals surface area contributed by atoms with Gasteiger partial charge in [-0.1, -0.05) is 6.92 Å². The highest BCUT2D eigenvalue weighted by molar-refractivity contribution is 5.97. The summed E-state index contributed by atoms with van der Waals surface area (Å²) in [4.78, 5) is 23.9. The first-order valence-electron chi connectivity index (χ1n) is 6.92. The van der Waals surface area contributed by atoms with Gasteiger partial charge in [0.2, 0.25) is 5.91 Å². The van der Waals surface area contributed by atoms with E-state index < -0.39 is 6.04 Å². The number of piperidine rings is 1. The van der Waals surface area contributed by atoms with Crippen LogP contribution >= 0.6 is 12.4 Å². The van der Waals surface area contributed by atoms with Crippen LogP contribution in [0.15, 0.2) is 23.0 Å². The van der Waals surface area contributed by atoms with Gasteiger partial charge in [0.1, 0.15) is 12.3 Å². The van der Waals surface area contributed by atoms with Gasteiger partial charge in [-0.15, -0.1) is 12.4 Å². The second-order valence-electron chi connectivity index (χ2n) is 5.29. The summed E-state index contributed by atoms with van der Waals surface area (Å²) < 4.78 is 4.84. The maximum absolute atomic E-state index is 12.1. The molecule has 0 saturated carbocycles. The number of amides is 2. The molecule has 1 aliphatic rings. The molecule has 1 aromatic heterocycles. The largest absolute Gasteiger partial charge is 0.472 e. The topological polar surface area (TPSA) is 83.4 Å². The van der Waals surface area contributed by atoms with Crippen LogP contribution in [0.1, 0.15) is 30.6 Å². The summed E-state index contributed by atoms with van der Waals surface area (Å²) in [6.45, 7) is 5.56. The van der Waals surface area contributed by atoms with Gasteiger partial charge in [0.05, 0.1) is 11.8 Å². The van der Waals surface area contributed by atoms with Crippen LogP contribution in [0.4, 0.5) is 0 Å². The van der Waals surface area contributed by atoms with Crippen molar-refractivity contribution in [2.75, 3.05) is 13.1 Å². The molecule has 1 fully saturated rings. The van der Waals surface area contributed by atoms with Gasteiger partial charge in [-0.2, -0.15) is 0 Å². The van der Waals surface area contributed by atoms with Crippen molar-refractivity contribution in [2.24, 2.45) is 5.92 Å². The molecule has 1 saturated heterocycles. The Morgan fingerprint density at radius 3 is 2.86 bits per heavy atom. The third kappa shape index (κ3) is 4.75. The number of rotatable bonds is 4. The predicted octanol–water partition coefficient (Wildman–Crippen LogP) is 0.934. The van der Waals surface area contributed by atoms with Gasteiger partial charge in [-0.25, -0.2) is 0 Å². The number of hydrogen-bond acceptors (Lipinski definition) is 4. The van der Waals surface area contributed by atoms with E-state index in [1.165, 1.54) is 12.5 Å². The molecule has 3 unspecified atom stereocenters. The Hall–Kier alpha value is -1.53. The lowest BCUT2D eigenvalue weighted by atomic mass is 9.94. The molecule has 21 heavy (non-hydrogen) atoms. The summed E-state index contributed by atoms with van der Waals surface area (Å²) in [7, 11) is 0. The van der Waals surface area contributed by atoms with Gasteiger partial charge < -0.3 is 20.4 Å². The molecule has 7 heteroatoms. The Bertz CT molecular complexity index is 464. The molecule has 2 amide bonds. The van der Waals surface area contributed by atoms with Crippen LogP contribution in [-0.2, 0) is 4.79 Å². The fourth-order valence-electron chi connectivity index (χ4n) is 2.23. The molecule has 0 aromatic carbocycles. The van der Waals surface area contributed by atoms with E-state index in [1.54, 1.807) is 13.0 Å². The Kier molecular flexibility index (Phi) is 6.71. The van der Waals surface area contributed by atoms with Gasteiger partial charge in [0, 0.05) is 12.6 Å². The standard InChI is InChI=1S/C14H21N3O3.ClH/c1-9-3-5-15-7-12(9)17-13(18)10(2)16-14(19)11-4-6-20-8-11;/h4,6,8-10,12,15H,3,5,7H2,1-2H3,(H,16,19)(H,17,18);1H. The van der Waals surface area contributed by atoms with Crippen LogP contribution < -0.4 is 16.0 Å². The molecule has 1 aliphatic heterocycles. The lowest BCUT2D eigenvalue weighted by Crippen LogP contribution is -2.54. The summed E-state index contributed by atoms with van der Waals surface area (Å²) in [6, 6.07) is 1.10. The van der Waals surface area contributed by atoms with Gasteiger partial charge in [-0.3, -0.25) is 9.59 Å². The zero-order chi connectivity index (χ0) is 14.5. The van der Waals surface area contributed by atoms with Gasteiger partial charge >= 0.3 is 0 Å². The molecule has 118 valence electrons. The van der Waals surface area contributed by atoms with Crippen molar-refractivity contribution in [3.63, 3.8) is 0 Å². The smallest absolute Gasteiger partial charge is 0.255 e. The minimum Gasteiger partial charge on any atom is -0.472 e. The van der Waals surface area contributed by atoms with Crippen LogP contribution in [0, 0.1) is 5.92 Å². The third-order valence-corrected chi connectivity index (χ3v) is 3.68. The minimum absolute atomic E-state index is 0. The first-order chi connectivity index (χ1) is 9.58. The van der Waals surface area contributed by atoms with Crippen LogP contribution in [-0.4, -0.2) is 37.0 Å². The van der Waals surface area contributed by atoms with E-state index in [0.29, 0.717) is 11.5 Å². The zero-order valence-electron chi connectivity index (χ0n) is 12.2. The summed E-state index contributed by atoms with van der Waals surface area (Å²) in [5.74, 6) is -0.0319. The second kappa shape index (κ2) is 8.05. The molecule has 2 heterocycles. The fourth-order valence-corrected chi connectivity index (χ4v) is 2.23. The predicted molar refractivity (Wildman–Crippen MR) is 81.5 cm³/mol. The summed E-state index contributed by atoms with van der Waals surface area (Å²) >= 11 is 0. The molecule has 1 aromatic rings. The first kappa shape index (κ1) is 17.5. The van der Waals surface area contributed by atoms with Crippen LogP contribution in [0.3, 0.4) is 0 Å². The van der Waals surface area contributed by atoms with Crippen LogP contribution in [0.2, 0.25) is 0 Å². The van der Waals surface area contributed by atoms with Crippen LogP contribution in [0.5, 0.6) is 0 Å². The molecular formula is C14H22ClN3O3. The van der Waals surface area contributed by atoms with Crippen LogP contribution in [0.25, 0.3) is 0 Å². The van der Waals surface area contributed by atoms with Crippen molar-refractivity contribution in [3.05, 3.63) is 24.2 Å². The van der Waals surface area contributed by atoms with E-state index in [1.807, 2.05) is 0 Å². The first-order valence-corrected chi connectivity index (χ1v) is 6.92. The van der Waals surface area contributed by atoms with Crippen molar-refractivity contribution in [2.45, 2.75) is 32.4 Å². The summed E-state index contributed by atoms with van der Waals surface area (Å²) in [5, 5.41) is 8.89. The van der Waals surface area contributed by atoms with E-state index in [0.717, 1.165) is 19.5 Å². The fraction of sp³-hybridized carbons (Fsp3) is 0.571. The highest BCUT2D eigenvalue weighted by Crippen LogP contribution is 2.11. The SMILES string of the molecule is CC(NC(=O)c1ccoc1)C(=O)NC1CNCCC1C.Cl. The summed E-state index contributed by atoms with van der Waals surface area (Å²) in [6.07, 6.45) is 3.82. The third-order valence-electron chi connectivity index (χ3n) is 3.68. The van der Waals surface area contributed by atoms with Crippen molar-refractivity contribution < 1.29 is 14.0 Å². The molecule has 3 N–H and O–H groups in total. The number of nitrogens with one attached hydrogen (secondary N) is 3. The van der Waals surface area contributed by atoms with Crippen molar-refractivity contribution >= 4 is 24.2 Å². The van der Waals surface area contributed by atoms with Gasteiger partial charge in [-0.05, 0) is 31.9 Å². The quantitative estimate of drug-likeness (QED) is 0.772. The lowest BCUT2D eigenvalue weighted by Gasteiger charge is -2.31. The maximum atomic E-state index is 12.1. The Morgan fingerprint density at radius 2 is 2.24 bits per heavy atom. The highest BCUT2D eigenvalue weighted by Gasteiger charge is 2.25. The van der Waals surface area contributed by atoms with Gasteiger partial charge in [0.15, 0.2) is 0 Å². The Balaban J connectivity index is 0.00000220. The van der Waals surface area contributed by atoms with Gasteiger partial charge in [0.25, 0.3) is 5.91 Å². The Labute approximate surface area is 130 Å². The van der Waals surface area contributed by atoms with E-state index in [4.69, 9.17) is 4.42 Å². The molecule has 2 rings (SSSR count). The number of hydrogen-bond donors (Lipinski definition) is 3. The minimum atomic E-state index is -0.577. The van der Waals surface area contributed by atoms with E-state index in [-0.39, 0.29) is 30.3 Å². The highest BCUT2D eigenvalue weighted by atomic mass is 35.5. The van der Waals surface area contributed by atoms with E-state index in [2.05, 4.69) is 22.9 Å². The Morgan fingerprint density at radius 1 is 1.48 bits per heavy atom. The number of carbonyl (C=O) groups is 2. The molecule has 6 nitrogen and oxygen atoms in total. The molecule has 0 aliphatic carbocycles. The van der Waals surface area contributed by atoms with E-state index >= 15 is 0 Å². The zero-order valence-corrected chi connectivity index (χ0v) is 13.0. The second-order valence-corrected chi connectivity index (χ2v) is 5.29. The normalized spacial score (nSPS) is 22.8. The van der Waals surface area contributed by atoms with Crippen molar-refractivity contribution in [1.29, 1.82) is 0 Å². The monoisotopic (exact) mass is 315 g/mol. The average Bonchev–Trinajstić information content (AvgIpc) is 2.95. The molecule has 0 radical (unpaired) electrons. The summed E-state index contributed by atoms with van der Waals surface area (Å²) in [5.41, 5.74) is 0.414. The van der Waals surface area contributed by atoms with E-state index in [9.17, 15) is 9.59 Å². The maximum Gasteiger partial charge on any atom is 0.255 e. The molecule has 0 spiro atoms. The molecule has 0 bridgehead atoms.